The SMILES string of the molecule is Cc1ccc(CN(C)CC(=O)Nc2sc3c(c2C(N)=O)CCC3)cc1. The maximum absolute atomic E-state index is 12.4. The van der Waals surface area contributed by atoms with E-state index in [1.54, 1.807) is 0 Å². The van der Waals surface area contributed by atoms with E-state index >= 15 is 0 Å². The number of nitrogens with one attached hydrogen (secondary N) is 1. The van der Waals surface area contributed by atoms with E-state index in [0.29, 0.717) is 17.1 Å². The first-order chi connectivity index (χ1) is 11.9. The van der Waals surface area contributed by atoms with Gasteiger partial charge in [0.25, 0.3) is 5.91 Å². The first-order valence-electron chi connectivity index (χ1n) is 8.42. The molecule has 0 saturated carbocycles. The predicted molar refractivity (Wildman–Crippen MR) is 101 cm³/mol. The number of fused-ring (bicyclic) bond motifs is 1. The van der Waals surface area contributed by atoms with E-state index < -0.39 is 5.91 Å². The number of nitrogens with two attached hydrogens (primary N) is 1. The summed E-state index contributed by atoms with van der Waals surface area (Å²) in [4.78, 5) is 27.3. The smallest absolute Gasteiger partial charge is 0.251 e. The predicted octanol–water partition coefficient (Wildman–Crippen LogP) is 2.71. The molecular weight excluding hydrogens is 334 g/mol. The Bertz CT molecular complexity index is 796. The standard InChI is InChI=1S/C19H23N3O2S/c1-12-6-8-13(9-7-12)10-22(2)11-16(23)21-19-17(18(20)24)14-4-3-5-15(14)25-19/h6-9H,3-5,10-11H2,1-2H3,(H2,20,24)(H,21,23). The molecule has 0 unspecified atom stereocenters. The highest BCUT2D eigenvalue weighted by molar-refractivity contribution is 7.17. The Hall–Kier alpha value is -2.18. The largest absolute Gasteiger partial charge is 0.365 e. The van der Waals surface area contributed by atoms with Crippen LogP contribution in [0.2, 0.25) is 0 Å². The third kappa shape index (κ3) is 4.08. The summed E-state index contributed by atoms with van der Waals surface area (Å²) in [6, 6.07) is 8.27. The van der Waals surface area contributed by atoms with Gasteiger partial charge in [-0.15, -0.1) is 11.3 Å². The first-order valence-corrected chi connectivity index (χ1v) is 9.24. The zero-order valence-corrected chi connectivity index (χ0v) is 15.4. The molecule has 5 nitrogen and oxygen atoms in total. The molecule has 3 rings (SSSR count). The molecule has 0 spiro atoms. The number of anilines is 1. The van der Waals surface area contributed by atoms with Crippen molar-refractivity contribution in [2.75, 3.05) is 18.9 Å². The van der Waals surface area contributed by atoms with Crippen LogP contribution in [-0.4, -0.2) is 30.3 Å². The van der Waals surface area contributed by atoms with E-state index in [1.165, 1.54) is 21.8 Å². The summed E-state index contributed by atoms with van der Waals surface area (Å²) in [6.45, 7) is 3.00. The fourth-order valence-electron chi connectivity index (χ4n) is 3.23. The number of carbonyl (C=O) groups excluding carboxylic acids is 2. The monoisotopic (exact) mass is 357 g/mol. The van der Waals surface area contributed by atoms with Gasteiger partial charge in [0.2, 0.25) is 5.91 Å². The van der Waals surface area contributed by atoms with Gasteiger partial charge in [0.05, 0.1) is 12.1 Å². The average Bonchev–Trinajstić information content (AvgIpc) is 3.09. The fourth-order valence-corrected chi connectivity index (χ4v) is 4.54. The minimum atomic E-state index is -0.456. The maximum atomic E-state index is 12.4. The zero-order chi connectivity index (χ0) is 18.0. The molecule has 0 bridgehead atoms. The number of likely N-dealkylation sites (N-methyl/N-ethyl adjacent to an activating group) is 1. The van der Waals surface area contributed by atoms with Crippen molar-refractivity contribution >= 4 is 28.2 Å². The lowest BCUT2D eigenvalue weighted by Crippen LogP contribution is -2.30. The van der Waals surface area contributed by atoms with Gasteiger partial charge in [-0.05, 0) is 44.4 Å². The highest BCUT2D eigenvalue weighted by Gasteiger charge is 2.26. The van der Waals surface area contributed by atoms with Gasteiger partial charge in [0.1, 0.15) is 5.00 Å². The quantitative estimate of drug-likeness (QED) is 0.835. The molecule has 0 aliphatic heterocycles. The molecule has 0 fully saturated rings. The van der Waals surface area contributed by atoms with Crippen LogP contribution in [0.5, 0.6) is 0 Å². The van der Waals surface area contributed by atoms with Crippen LogP contribution in [-0.2, 0) is 24.2 Å². The van der Waals surface area contributed by atoms with Gasteiger partial charge in [-0.2, -0.15) is 0 Å². The van der Waals surface area contributed by atoms with E-state index in [4.69, 9.17) is 5.73 Å². The lowest BCUT2D eigenvalue weighted by molar-refractivity contribution is -0.117. The minimum absolute atomic E-state index is 0.128. The number of primary amides is 1. The van der Waals surface area contributed by atoms with Crippen molar-refractivity contribution in [2.24, 2.45) is 5.73 Å². The van der Waals surface area contributed by atoms with Gasteiger partial charge < -0.3 is 11.1 Å². The van der Waals surface area contributed by atoms with E-state index in [1.807, 2.05) is 11.9 Å². The molecule has 132 valence electrons. The molecule has 0 radical (unpaired) electrons. The van der Waals surface area contributed by atoms with Crippen LogP contribution in [0, 0.1) is 6.92 Å². The van der Waals surface area contributed by atoms with Crippen molar-refractivity contribution in [3.05, 3.63) is 51.4 Å². The summed E-state index contributed by atoms with van der Waals surface area (Å²) >= 11 is 1.49. The van der Waals surface area contributed by atoms with Crippen molar-refractivity contribution in [3.8, 4) is 0 Å². The van der Waals surface area contributed by atoms with Gasteiger partial charge in [-0.25, -0.2) is 0 Å². The van der Waals surface area contributed by atoms with Gasteiger partial charge in [-0.1, -0.05) is 29.8 Å². The topological polar surface area (TPSA) is 75.4 Å². The molecule has 1 heterocycles. The lowest BCUT2D eigenvalue weighted by atomic mass is 10.1. The molecule has 1 aromatic carbocycles. The van der Waals surface area contributed by atoms with E-state index in [9.17, 15) is 9.59 Å². The molecule has 1 aliphatic carbocycles. The summed E-state index contributed by atoms with van der Waals surface area (Å²) in [5.74, 6) is -0.584. The van der Waals surface area contributed by atoms with Crippen LogP contribution < -0.4 is 11.1 Å². The second-order valence-corrected chi connectivity index (χ2v) is 7.74. The number of rotatable bonds is 6. The van der Waals surface area contributed by atoms with Crippen molar-refractivity contribution in [1.82, 2.24) is 4.90 Å². The number of nitrogens with zero attached hydrogens (tertiary/aromatic N) is 1. The third-order valence-electron chi connectivity index (χ3n) is 4.41. The number of benzene rings is 1. The van der Waals surface area contributed by atoms with E-state index in [-0.39, 0.29) is 12.5 Å². The van der Waals surface area contributed by atoms with Crippen LogP contribution in [0.3, 0.4) is 0 Å². The molecule has 2 aromatic rings. The molecule has 1 aliphatic rings. The Balaban J connectivity index is 1.63. The van der Waals surface area contributed by atoms with Crippen LogP contribution in [0.25, 0.3) is 0 Å². The number of carbonyl (C=O) groups is 2. The number of aryl methyl sites for hydroxylation is 2. The molecule has 0 saturated heterocycles. The third-order valence-corrected chi connectivity index (χ3v) is 5.61. The van der Waals surface area contributed by atoms with E-state index in [2.05, 4.69) is 36.5 Å². The van der Waals surface area contributed by atoms with Gasteiger partial charge in [0, 0.05) is 11.4 Å². The molecule has 6 heteroatoms. The van der Waals surface area contributed by atoms with Crippen LogP contribution >= 0.6 is 11.3 Å². The van der Waals surface area contributed by atoms with Gasteiger partial charge in [0.15, 0.2) is 0 Å². The highest BCUT2D eigenvalue weighted by Crippen LogP contribution is 2.38. The second-order valence-electron chi connectivity index (χ2n) is 6.63. The molecule has 2 amide bonds. The van der Waals surface area contributed by atoms with Crippen LogP contribution in [0.1, 0.15) is 38.3 Å². The van der Waals surface area contributed by atoms with Gasteiger partial charge >= 0.3 is 0 Å². The highest BCUT2D eigenvalue weighted by atomic mass is 32.1. The van der Waals surface area contributed by atoms with Gasteiger partial charge in [-0.3, -0.25) is 14.5 Å². The summed E-state index contributed by atoms with van der Waals surface area (Å²) in [5, 5.41) is 3.49. The van der Waals surface area contributed by atoms with Crippen molar-refractivity contribution in [1.29, 1.82) is 0 Å². The van der Waals surface area contributed by atoms with Crippen LogP contribution in [0.4, 0.5) is 5.00 Å². The Morgan fingerprint density at radius 1 is 1.24 bits per heavy atom. The molecule has 1 aromatic heterocycles. The maximum Gasteiger partial charge on any atom is 0.251 e. The second kappa shape index (κ2) is 7.37. The molecule has 3 N–H and O–H groups in total. The zero-order valence-electron chi connectivity index (χ0n) is 14.6. The molecule has 25 heavy (non-hydrogen) atoms. The Kier molecular flexibility index (Phi) is 5.20. The van der Waals surface area contributed by atoms with Crippen molar-refractivity contribution in [3.63, 3.8) is 0 Å². The summed E-state index contributed by atoms with van der Waals surface area (Å²) in [5.41, 5.74) is 9.44. The number of hydrogen-bond donors (Lipinski definition) is 2. The normalized spacial score (nSPS) is 13.1. The van der Waals surface area contributed by atoms with Crippen molar-refractivity contribution < 1.29 is 9.59 Å². The number of amides is 2. The Morgan fingerprint density at radius 3 is 2.64 bits per heavy atom. The molecule has 0 atom stereocenters. The summed E-state index contributed by atoms with van der Waals surface area (Å²) in [7, 11) is 1.91. The number of hydrogen-bond acceptors (Lipinski definition) is 4. The van der Waals surface area contributed by atoms with Crippen molar-refractivity contribution in [2.45, 2.75) is 32.7 Å². The summed E-state index contributed by atoms with van der Waals surface area (Å²) in [6.07, 6.45) is 2.88. The first kappa shape index (κ1) is 17.6. The minimum Gasteiger partial charge on any atom is -0.365 e. The van der Waals surface area contributed by atoms with E-state index in [0.717, 1.165) is 30.4 Å². The molecular formula is C19H23N3O2S. The number of thiophene rings is 1. The Labute approximate surface area is 151 Å². The lowest BCUT2D eigenvalue weighted by Gasteiger charge is -2.16. The van der Waals surface area contributed by atoms with Crippen LogP contribution in [0.15, 0.2) is 24.3 Å². The average molecular weight is 357 g/mol. The Morgan fingerprint density at radius 2 is 1.96 bits per heavy atom. The fraction of sp³-hybridized carbons (Fsp3) is 0.368. The summed E-state index contributed by atoms with van der Waals surface area (Å²) < 4.78 is 0.